The number of carbonyl (C=O) groups excluding carboxylic acids is 2. The summed E-state index contributed by atoms with van der Waals surface area (Å²) < 4.78 is 10.6. The lowest BCUT2D eigenvalue weighted by atomic mass is 9.79. The Morgan fingerprint density at radius 3 is 2.69 bits per heavy atom. The molecular formula is C34H35N7O4. The van der Waals surface area contributed by atoms with Crippen LogP contribution in [-0.2, 0) is 32.8 Å². The van der Waals surface area contributed by atoms with Crippen LogP contribution in [0.4, 0.5) is 5.82 Å². The number of methoxy groups -OCH3 is 1. The van der Waals surface area contributed by atoms with E-state index >= 15 is 0 Å². The van der Waals surface area contributed by atoms with Crippen LogP contribution in [0.5, 0.6) is 0 Å². The molecule has 230 valence electrons. The number of hydrogen-bond acceptors (Lipinski definition) is 9. The minimum absolute atomic E-state index is 0.115. The van der Waals surface area contributed by atoms with Crippen LogP contribution >= 0.6 is 0 Å². The van der Waals surface area contributed by atoms with Gasteiger partial charge in [0.1, 0.15) is 11.2 Å². The summed E-state index contributed by atoms with van der Waals surface area (Å²) in [6.07, 6.45) is 2.15. The quantitative estimate of drug-likeness (QED) is 0.320. The van der Waals surface area contributed by atoms with Crippen molar-refractivity contribution in [1.29, 1.82) is 5.26 Å². The number of amides is 2. The summed E-state index contributed by atoms with van der Waals surface area (Å²) in [6, 6.07) is 19.4. The van der Waals surface area contributed by atoms with Gasteiger partial charge in [-0.05, 0) is 60.5 Å². The van der Waals surface area contributed by atoms with E-state index in [9.17, 15) is 14.9 Å². The lowest BCUT2D eigenvalue weighted by Gasteiger charge is -2.35. The van der Waals surface area contributed by atoms with Crippen LogP contribution in [0.3, 0.4) is 0 Å². The standard InChI is InChI=1S/C34H35N7O4/c1-34(21-35)22-45-20-25-7-6-23(16-27(25)34)33(43)37-19-26-17-30-24(18-36-26)8-9-29(38-30)28-4-3-5-31(39-28)40-11-13-41(14-12-40)32(42)10-15-44-2/h3-9,16-18H,10-15,19-20,22H2,1-2H3,(H,37,43)/t34-/m1/s1. The molecule has 5 heterocycles. The van der Waals surface area contributed by atoms with Crippen molar-refractivity contribution in [3.05, 3.63) is 83.2 Å². The zero-order valence-corrected chi connectivity index (χ0v) is 25.5. The summed E-state index contributed by atoms with van der Waals surface area (Å²) in [5.41, 5.74) is 4.36. The predicted molar refractivity (Wildman–Crippen MR) is 168 cm³/mol. The number of piperazine rings is 1. The molecule has 0 saturated carbocycles. The van der Waals surface area contributed by atoms with Gasteiger partial charge in [0.25, 0.3) is 5.91 Å². The Labute approximate surface area is 261 Å². The summed E-state index contributed by atoms with van der Waals surface area (Å²) in [7, 11) is 1.60. The van der Waals surface area contributed by atoms with Crippen molar-refractivity contribution in [2.24, 2.45) is 0 Å². The first-order valence-electron chi connectivity index (χ1n) is 15.0. The molecule has 3 aromatic heterocycles. The lowest BCUT2D eigenvalue weighted by Crippen LogP contribution is -2.49. The Morgan fingerprint density at radius 2 is 1.89 bits per heavy atom. The maximum Gasteiger partial charge on any atom is 0.251 e. The van der Waals surface area contributed by atoms with Gasteiger partial charge in [0.15, 0.2) is 0 Å². The van der Waals surface area contributed by atoms with E-state index in [-0.39, 0.29) is 18.4 Å². The molecule has 2 aliphatic rings. The molecule has 0 spiro atoms. The highest BCUT2D eigenvalue weighted by atomic mass is 16.5. The number of anilines is 1. The Morgan fingerprint density at radius 1 is 1.07 bits per heavy atom. The predicted octanol–water partition coefficient (Wildman–Crippen LogP) is 3.62. The molecule has 6 rings (SSSR count). The zero-order valence-electron chi connectivity index (χ0n) is 25.5. The van der Waals surface area contributed by atoms with Crippen molar-refractivity contribution in [3.63, 3.8) is 0 Å². The van der Waals surface area contributed by atoms with Gasteiger partial charge in [-0.2, -0.15) is 5.26 Å². The largest absolute Gasteiger partial charge is 0.384 e. The smallest absolute Gasteiger partial charge is 0.251 e. The van der Waals surface area contributed by atoms with Gasteiger partial charge in [-0.1, -0.05) is 12.1 Å². The first kappa shape index (κ1) is 30.1. The summed E-state index contributed by atoms with van der Waals surface area (Å²) in [6.45, 7) is 5.93. The monoisotopic (exact) mass is 605 g/mol. The highest BCUT2D eigenvalue weighted by Crippen LogP contribution is 2.32. The summed E-state index contributed by atoms with van der Waals surface area (Å²) in [5, 5.41) is 13.5. The zero-order chi connectivity index (χ0) is 31.4. The molecule has 0 aliphatic carbocycles. The second-order valence-corrected chi connectivity index (χ2v) is 11.5. The molecule has 1 fully saturated rings. The number of hydrogen-bond donors (Lipinski definition) is 1. The fourth-order valence-corrected chi connectivity index (χ4v) is 5.74. The average Bonchev–Trinajstić information content (AvgIpc) is 3.09. The van der Waals surface area contributed by atoms with Crippen LogP contribution in [0.1, 0.15) is 40.5 Å². The normalized spacial score (nSPS) is 17.9. The number of nitrogens with zero attached hydrogens (tertiary/aromatic N) is 6. The number of fused-ring (bicyclic) bond motifs is 2. The van der Waals surface area contributed by atoms with Crippen LogP contribution < -0.4 is 10.2 Å². The van der Waals surface area contributed by atoms with Crippen LogP contribution in [0.15, 0.2) is 60.8 Å². The molecule has 11 heteroatoms. The molecule has 0 unspecified atom stereocenters. The molecule has 0 bridgehead atoms. The van der Waals surface area contributed by atoms with E-state index < -0.39 is 5.41 Å². The molecule has 11 nitrogen and oxygen atoms in total. The molecule has 45 heavy (non-hydrogen) atoms. The Hall–Kier alpha value is -4.92. The molecule has 1 saturated heterocycles. The molecule has 1 aromatic carbocycles. The fourth-order valence-electron chi connectivity index (χ4n) is 5.74. The third-order valence-corrected chi connectivity index (χ3v) is 8.40. The summed E-state index contributed by atoms with van der Waals surface area (Å²) >= 11 is 0. The molecule has 2 amide bonds. The van der Waals surface area contributed by atoms with Crippen molar-refractivity contribution in [1.82, 2.24) is 25.2 Å². The SMILES string of the molecule is COCCC(=O)N1CCN(c2cccc(-c3ccc4cnc(CNC(=O)c5ccc6c(c5)[C@](C)(C#N)COC6)cc4n3)n2)CC1. The van der Waals surface area contributed by atoms with Gasteiger partial charge < -0.3 is 24.6 Å². The van der Waals surface area contributed by atoms with E-state index in [0.29, 0.717) is 63.7 Å². The minimum atomic E-state index is -0.791. The van der Waals surface area contributed by atoms with E-state index in [0.717, 1.165) is 39.2 Å². The molecule has 0 radical (unpaired) electrons. The van der Waals surface area contributed by atoms with Gasteiger partial charge >= 0.3 is 0 Å². The molecule has 1 atom stereocenters. The molecular weight excluding hydrogens is 570 g/mol. The van der Waals surface area contributed by atoms with Gasteiger partial charge in [0.05, 0.1) is 61.5 Å². The highest BCUT2D eigenvalue weighted by Gasteiger charge is 2.33. The molecule has 4 aromatic rings. The van der Waals surface area contributed by atoms with Gasteiger partial charge in [0.2, 0.25) is 5.91 Å². The van der Waals surface area contributed by atoms with E-state index in [2.05, 4.69) is 21.3 Å². The van der Waals surface area contributed by atoms with Crippen molar-refractivity contribution in [2.75, 3.05) is 51.4 Å². The number of nitriles is 1. The van der Waals surface area contributed by atoms with Crippen LogP contribution in [0.25, 0.3) is 22.3 Å². The van der Waals surface area contributed by atoms with Gasteiger partial charge in [-0.25, -0.2) is 9.97 Å². The number of rotatable bonds is 8. The van der Waals surface area contributed by atoms with Crippen LogP contribution in [0.2, 0.25) is 0 Å². The number of pyridine rings is 3. The molecule has 1 N–H and O–H groups in total. The Kier molecular flexibility index (Phi) is 8.69. The lowest BCUT2D eigenvalue weighted by molar-refractivity contribution is -0.132. The number of ether oxygens (including phenoxy) is 2. The second kappa shape index (κ2) is 13.0. The Bertz CT molecular complexity index is 1780. The van der Waals surface area contributed by atoms with E-state index in [1.807, 2.05) is 54.3 Å². The fraction of sp³-hybridized carbons (Fsp3) is 0.353. The van der Waals surface area contributed by atoms with Gasteiger partial charge in [-0.3, -0.25) is 14.6 Å². The Balaban J connectivity index is 1.13. The number of nitrogens with one attached hydrogen (secondary N) is 1. The third-order valence-electron chi connectivity index (χ3n) is 8.40. The summed E-state index contributed by atoms with van der Waals surface area (Å²) in [4.78, 5) is 43.8. The minimum Gasteiger partial charge on any atom is -0.384 e. The van der Waals surface area contributed by atoms with Crippen molar-refractivity contribution < 1.29 is 19.1 Å². The third kappa shape index (κ3) is 6.48. The van der Waals surface area contributed by atoms with Crippen molar-refractivity contribution in [3.8, 4) is 17.5 Å². The van der Waals surface area contributed by atoms with E-state index in [1.54, 1.807) is 25.4 Å². The maximum atomic E-state index is 13.1. The topological polar surface area (TPSA) is 134 Å². The average molecular weight is 606 g/mol. The first-order valence-corrected chi connectivity index (χ1v) is 15.0. The van der Waals surface area contributed by atoms with E-state index in [4.69, 9.17) is 19.4 Å². The van der Waals surface area contributed by atoms with E-state index in [1.165, 1.54) is 0 Å². The second-order valence-electron chi connectivity index (χ2n) is 11.5. The van der Waals surface area contributed by atoms with Gasteiger partial charge in [0, 0.05) is 50.4 Å². The number of benzene rings is 1. The van der Waals surface area contributed by atoms with Crippen LogP contribution in [-0.4, -0.2) is 78.2 Å². The molecule has 2 aliphatic heterocycles. The van der Waals surface area contributed by atoms with Crippen molar-refractivity contribution >= 4 is 28.5 Å². The number of carbonyl (C=O) groups is 2. The van der Waals surface area contributed by atoms with Gasteiger partial charge in [-0.15, -0.1) is 0 Å². The highest BCUT2D eigenvalue weighted by molar-refractivity contribution is 5.94. The first-order chi connectivity index (χ1) is 21.9. The van der Waals surface area contributed by atoms with Crippen LogP contribution in [0, 0.1) is 11.3 Å². The van der Waals surface area contributed by atoms with Crippen molar-refractivity contribution in [2.45, 2.75) is 31.9 Å². The summed E-state index contributed by atoms with van der Waals surface area (Å²) in [5.74, 6) is 0.722. The maximum absolute atomic E-state index is 13.1. The number of aromatic nitrogens is 3.